The Morgan fingerprint density at radius 3 is 3.11 bits per heavy atom. The van der Waals surface area contributed by atoms with Gasteiger partial charge in [-0.1, -0.05) is 0 Å². The van der Waals surface area contributed by atoms with Crippen molar-refractivity contribution in [3.05, 3.63) is 22.5 Å². The van der Waals surface area contributed by atoms with Crippen LogP contribution in [0.3, 0.4) is 0 Å². The Kier molecular flexibility index (Phi) is 2.98. The van der Waals surface area contributed by atoms with Crippen molar-refractivity contribution in [3.8, 4) is 0 Å². The second kappa shape index (κ2) is 4.65. The second-order valence-corrected chi connectivity index (χ2v) is 5.57. The van der Waals surface area contributed by atoms with Gasteiger partial charge in [0.25, 0.3) is 5.91 Å². The molecule has 1 aliphatic rings. The number of nitrogens with two attached hydrogens (primary N) is 1. The van der Waals surface area contributed by atoms with E-state index < -0.39 is 0 Å². The van der Waals surface area contributed by atoms with Gasteiger partial charge < -0.3 is 5.73 Å². The molecule has 100 valence electrons. The largest absolute Gasteiger partial charge is 0.396 e. The maximum atomic E-state index is 12.1. The molecular weight excluding hydrogens is 262 g/mol. The van der Waals surface area contributed by atoms with Crippen LogP contribution in [0.15, 0.2) is 6.20 Å². The van der Waals surface area contributed by atoms with Gasteiger partial charge in [-0.25, -0.2) is 4.98 Å². The lowest BCUT2D eigenvalue weighted by atomic mass is 10.3. The van der Waals surface area contributed by atoms with Crippen molar-refractivity contribution in [1.29, 1.82) is 0 Å². The van der Waals surface area contributed by atoms with E-state index in [-0.39, 0.29) is 11.6 Å². The summed E-state index contributed by atoms with van der Waals surface area (Å²) >= 11 is 1.54. The number of aromatic nitrogens is 3. The first-order valence-corrected chi connectivity index (χ1v) is 7.12. The van der Waals surface area contributed by atoms with E-state index in [2.05, 4.69) is 15.4 Å². The zero-order valence-corrected chi connectivity index (χ0v) is 11.5. The summed E-state index contributed by atoms with van der Waals surface area (Å²) in [7, 11) is 0. The van der Waals surface area contributed by atoms with Crippen molar-refractivity contribution in [2.75, 3.05) is 11.1 Å². The lowest BCUT2D eigenvalue weighted by Crippen LogP contribution is -2.14. The number of hydrogen-bond acceptors (Lipinski definition) is 5. The Morgan fingerprint density at radius 1 is 1.58 bits per heavy atom. The number of amides is 1. The first kappa shape index (κ1) is 12.2. The van der Waals surface area contributed by atoms with Gasteiger partial charge in [-0.2, -0.15) is 5.10 Å². The maximum Gasteiger partial charge on any atom is 0.280 e. The fourth-order valence-electron chi connectivity index (χ4n) is 2.18. The maximum absolute atomic E-state index is 12.1. The molecule has 0 aliphatic heterocycles. The Balaban J connectivity index is 1.78. The smallest absolute Gasteiger partial charge is 0.280 e. The Hall–Kier alpha value is -1.89. The number of nitrogens with one attached hydrogen (secondary N) is 1. The normalized spacial score (nSPS) is 13.5. The fourth-order valence-corrected chi connectivity index (χ4v) is 3.22. The molecule has 0 bridgehead atoms. The minimum absolute atomic E-state index is 0.261. The first-order valence-electron chi connectivity index (χ1n) is 6.30. The predicted octanol–water partition coefficient (Wildman–Crippen LogP) is 1.68. The average molecular weight is 277 g/mol. The number of carbonyl (C=O) groups excluding carboxylic acids is 1. The summed E-state index contributed by atoms with van der Waals surface area (Å²) in [4.78, 5) is 17.8. The summed E-state index contributed by atoms with van der Waals surface area (Å²) in [5.74, 6) is -0.294. The summed E-state index contributed by atoms with van der Waals surface area (Å²) in [5.41, 5.74) is 7.55. The number of carbonyl (C=O) groups is 1. The Morgan fingerprint density at radius 2 is 2.42 bits per heavy atom. The third kappa shape index (κ3) is 2.21. The SMILES string of the molecule is CCn1cc(N)c(C(=O)Nc2nc3c(s2)CCC3)n1. The van der Waals surface area contributed by atoms with E-state index >= 15 is 0 Å². The highest BCUT2D eigenvalue weighted by molar-refractivity contribution is 7.15. The molecule has 3 rings (SSSR count). The molecule has 2 aromatic rings. The molecule has 19 heavy (non-hydrogen) atoms. The predicted molar refractivity (Wildman–Crippen MR) is 74.4 cm³/mol. The van der Waals surface area contributed by atoms with Crippen LogP contribution in [-0.2, 0) is 19.4 Å². The zero-order valence-electron chi connectivity index (χ0n) is 10.6. The number of nitrogen functional groups attached to an aromatic ring is 1. The average Bonchev–Trinajstić information content (AvgIpc) is 3.02. The molecule has 0 saturated heterocycles. The molecule has 0 radical (unpaired) electrons. The van der Waals surface area contributed by atoms with Crippen molar-refractivity contribution in [2.45, 2.75) is 32.7 Å². The summed E-state index contributed by atoms with van der Waals surface area (Å²) in [5, 5.41) is 7.56. The Labute approximate surface area is 114 Å². The van der Waals surface area contributed by atoms with E-state index in [1.165, 1.54) is 4.88 Å². The third-order valence-corrected chi connectivity index (χ3v) is 4.22. The van der Waals surface area contributed by atoms with Gasteiger partial charge in [0.1, 0.15) is 0 Å². The highest BCUT2D eigenvalue weighted by atomic mass is 32.1. The summed E-state index contributed by atoms with van der Waals surface area (Å²) < 4.78 is 1.64. The standard InChI is InChI=1S/C12H15N5OS/c1-2-17-6-7(13)10(16-17)11(18)15-12-14-8-4-3-5-9(8)19-12/h6H,2-5,13H2,1H3,(H,14,15,18). The molecule has 2 aromatic heterocycles. The van der Waals surface area contributed by atoms with E-state index in [1.807, 2.05) is 6.92 Å². The van der Waals surface area contributed by atoms with Crippen LogP contribution in [0, 0.1) is 0 Å². The molecule has 0 unspecified atom stereocenters. The number of rotatable bonds is 3. The molecule has 0 saturated carbocycles. The van der Waals surface area contributed by atoms with Crippen LogP contribution in [0.25, 0.3) is 0 Å². The van der Waals surface area contributed by atoms with Gasteiger partial charge in [0.2, 0.25) is 0 Å². The van der Waals surface area contributed by atoms with Gasteiger partial charge in [-0.05, 0) is 26.2 Å². The number of anilines is 2. The van der Waals surface area contributed by atoms with Gasteiger partial charge in [0.05, 0.1) is 11.4 Å². The number of fused-ring (bicyclic) bond motifs is 1. The first-order chi connectivity index (χ1) is 9.17. The number of thiazole rings is 1. The molecule has 0 atom stereocenters. The van der Waals surface area contributed by atoms with Crippen LogP contribution in [0.4, 0.5) is 10.8 Å². The van der Waals surface area contributed by atoms with Gasteiger partial charge in [0, 0.05) is 17.6 Å². The lowest BCUT2D eigenvalue weighted by molar-refractivity contribution is 0.102. The molecule has 0 fully saturated rings. The van der Waals surface area contributed by atoms with E-state index in [9.17, 15) is 4.79 Å². The molecule has 3 N–H and O–H groups in total. The van der Waals surface area contributed by atoms with Crippen LogP contribution >= 0.6 is 11.3 Å². The molecule has 1 aliphatic carbocycles. The van der Waals surface area contributed by atoms with Crippen LogP contribution < -0.4 is 11.1 Å². The van der Waals surface area contributed by atoms with Crippen LogP contribution in [0.5, 0.6) is 0 Å². The minimum Gasteiger partial charge on any atom is -0.396 e. The van der Waals surface area contributed by atoms with Crippen LogP contribution in [0.1, 0.15) is 34.4 Å². The zero-order chi connectivity index (χ0) is 13.4. The molecule has 2 heterocycles. The summed E-state index contributed by atoms with van der Waals surface area (Å²) in [6.45, 7) is 2.63. The fraction of sp³-hybridized carbons (Fsp3) is 0.417. The van der Waals surface area contributed by atoms with Gasteiger partial charge in [-0.15, -0.1) is 11.3 Å². The van der Waals surface area contributed by atoms with E-state index in [4.69, 9.17) is 5.73 Å². The monoisotopic (exact) mass is 277 g/mol. The summed E-state index contributed by atoms with van der Waals surface area (Å²) in [6.07, 6.45) is 4.90. The quantitative estimate of drug-likeness (QED) is 0.893. The number of aryl methyl sites for hydroxylation is 3. The van der Waals surface area contributed by atoms with E-state index in [0.29, 0.717) is 17.4 Å². The molecule has 7 heteroatoms. The van der Waals surface area contributed by atoms with Crippen molar-refractivity contribution < 1.29 is 4.79 Å². The topological polar surface area (TPSA) is 85.8 Å². The van der Waals surface area contributed by atoms with Gasteiger partial charge >= 0.3 is 0 Å². The van der Waals surface area contributed by atoms with E-state index in [0.717, 1.165) is 25.0 Å². The summed E-state index contributed by atoms with van der Waals surface area (Å²) in [6, 6.07) is 0. The molecule has 6 nitrogen and oxygen atoms in total. The lowest BCUT2D eigenvalue weighted by Gasteiger charge is -1.99. The highest BCUT2D eigenvalue weighted by Crippen LogP contribution is 2.30. The third-order valence-electron chi connectivity index (χ3n) is 3.15. The van der Waals surface area contributed by atoms with Crippen molar-refractivity contribution in [3.63, 3.8) is 0 Å². The number of hydrogen-bond donors (Lipinski definition) is 2. The van der Waals surface area contributed by atoms with Crippen molar-refractivity contribution >= 4 is 28.1 Å². The minimum atomic E-state index is -0.294. The van der Waals surface area contributed by atoms with Crippen LogP contribution in [0.2, 0.25) is 0 Å². The van der Waals surface area contributed by atoms with Crippen molar-refractivity contribution in [1.82, 2.24) is 14.8 Å². The van der Waals surface area contributed by atoms with Crippen molar-refractivity contribution in [2.24, 2.45) is 0 Å². The molecule has 0 spiro atoms. The second-order valence-electron chi connectivity index (χ2n) is 4.49. The number of nitrogens with zero attached hydrogens (tertiary/aromatic N) is 3. The van der Waals surface area contributed by atoms with Crippen LogP contribution in [-0.4, -0.2) is 20.7 Å². The molecule has 0 aromatic carbocycles. The van der Waals surface area contributed by atoms with E-state index in [1.54, 1.807) is 22.2 Å². The molecular formula is C12H15N5OS. The molecule has 1 amide bonds. The van der Waals surface area contributed by atoms with Gasteiger partial charge in [0.15, 0.2) is 10.8 Å². The Bertz CT molecular complexity index is 609. The highest BCUT2D eigenvalue weighted by Gasteiger charge is 2.20. The van der Waals surface area contributed by atoms with Gasteiger partial charge in [-0.3, -0.25) is 14.8 Å².